The zero-order valence-electron chi connectivity index (χ0n) is 17.6. The molecule has 31 heavy (non-hydrogen) atoms. The number of nitrogens with zero attached hydrogens (tertiary/aromatic N) is 2. The molecule has 0 aliphatic carbocycles. The summed E-state index contributed by atoms with van der Waals surface area (Å²) in [4.78, 5) is 17.5. The van der Waals surface area contributed by atoms with E-state index in [4.69, 9.17) is 4.42 Å². The van der Waals surface area contributed by atoms with Crippen LogP contribution in [0.4, 0.5) is 5.69 Å². The number of benzene rings is 2. The average molecular weight is 442 g/mol. The molecule has 1 amide bonds. The van der Waals surface area contributed by atoms with Gasteiger partial charge < -0.3 is 14.6 Å². The average Bonchev–Trinajstić information content (AvgIpc) is 3.12. The predicted molar refractivity (Wildman–Crippen MR) is 122 cm³/mol. The highest BCUT2D eigenvalue weighted by Crippen LogP contribution is 2.27. The number of furan rings is 1. The number of nitrogens with one attached hydrogen (secondary N) is 1. The van der Waals surface area contributed by atoms with Crippen LogP contribution in [0.5, 0.6) is 0 Å². The molecule has 0 radical (unpaired) electrons. The smallest absolute Gasteiger partial charge is 0.287 e. The van der Waals surface area contributed by atoms with E-state index in [1.165, 1.54) is 5.69 Å². The summed E-state index contributed by atoms with van der Waals surface area (Å²) in [6.45, 7) is 4.94. The Hall–Kier alpha value is -2.84. The Bertz CT molecular complexity index is 1150. The summed E-state index contributed by atoms with van der Waals surface area (Å²) in [5, 5.41) is 3.56. The van der Waals surface area contributed by atoms with Gasteiger partial charge >= 0.3 is 0 Å². The number of hydrogen-bond acceptors (Lipinski definition) is 6. The normalized spacial score (nSPS) is 15.3. The molecule has 1 fully saturated rings. The van der Waals surface area contributed by atoms with E-state index in [1.54, 1.807) is 24.3 Å². The Morgan fingerprint density at radius 1 is 1.00 bits per heavy atom. The van der Waals surface area contributed by atoms with Crippen molar-refractivity contribution in [3.05, 3.63) is 65.9 Å². The van der Waals surface area contributed by atoms with Crippen LogP contribution in [0.2, 0.25) is 0 Å². The third-order valence-electron chi connectivity index (χ3n) is 5.52. The maximum absolute atomic E-state index is 12.8. The van der Waals surface area contributed by atoms with Crippen molar-refractivity contribution in [2.24, 2.45) is 0 Å². The van der Waals surface area contributed by atoms with E-state index in [9.17, 15) is 13.2 Å². The second-order valence-corrected chi connectivity index (χ2v) is 10.0. The Morgan fingerprint density at radius 3 is 2.39 bits per heavy atom. The molecule has 0 spiro atoms. The van der Waals surface area contributed by atoms with Gasteiger partial charge in [0.1, 0.15) is 5.58 Å². The van der Waals surface area contributed by atoms with Crippen LogP contribution in [-0.2, 0) is 15.6 Å². The molecule has 0 saturated carbocycles. The highest BCUT2D eigenvalue weighted by molar-refractivity contribution is 7.89. The van der Waals surface area contributed by atoms with Crippen LogP contribution in [-0.4, -0.2) is 64.7 Å². The van der Waals surface area contributed by atoms with E-state index in [0.29, 0.717) is 23.1 Å². The van der Waals surface area contributed by atoms with Crippen molar-refractivity contribution in [2.75, 3.05) is 50.4 Å². The summed E-state index contributed by atoms with van der Waals surface area (Å²) in [7, 11) is -3.31. The lowest BCUT2D eigenvalue weighted by Crippen LogP contribution is -2.48. The number of carbonyl (C=O) groups excluding carboxylic acids is 1. The van der Waals surface area contributed by atoms with Gasteiger partial charge in [0, 0.05) is 62.2 Å². The Labute approximate surface area is 182 Å². The van der Waals surface area contributed by atoms with Crippen molar-refractivity contribution in [3.8, 4) is 0 Å². The van der Waals surface area contributed by atoms with E-state index in [0.717, 1.165) is 39.0 Å². The van der Waals surface area contributed by atoms with Crippen molar-refractivity contribution < 1.29 is 17.6 Å². The van der Waals surface area contributed by atoms with Crippen LogP contribution in [0.1, 0.15) is 16.1 Å². The maximum atomic E-state index is 12.8. The lowest BCUT2D eigenvalue weighted by atomic mass is 10.1. The van der Waals surface area contributed by atoms with Crippen molar-refractivity contribution in [3.63, 3.8) is 0 Å². The molecule has 1 aromatic heterocycles. The molecule has 4 rings (SSSR count). The first-order valence-corrected chi connectivity index (χ1v) is 12.5. The second-order valence-electron chi connectivity index (χ2n) is 7.90. The molecule has 1 N–H and O–H groups in total. The first-order chi connectivity index (χ1) is 14.9. The zero-order chi connectivity index (χ0) is 21.8. The van der Waals surface area contributed by atoms with Gasteiger partial charge in [-0.1, -0.05) is 36.4 Å². The van der Waals surface area contributed by atoms with E-state index < -0.39 is 9.84 Å². The van der Waals surface area contributed by atoms with E-state index >= 15 is 0 Å². The van der Waals surface area contributed by atoms with Crippen LogP contribution >= 0.6 is 0 Å². The van der Waals surface area contributed by atoms with Gasteiger partial charge in [0.2, 0.25) is 0 Å². The van der Waals surface area contributed by atoms with Crippen LogP contribution in [0.25, 0.3) is 11.0 Å². The number of hydrogen-bond donors (Lipinski definition) is 1. The molecule has 0 bridgehead atoms. The highest BCUT2D eigenvalue weighted by Gasteiger charge is 2.23. The summed E-state index contributed by atoms with van der Waals surface area (Å²) in [5.41, 5.74) is 2.18. The number of anilines is 1. The Balaban J connectivity index is 1.34. The number of para-hydroxylation sites is 2. The summed E-state index contributed by atoms with van der Waals surface area (Å²) < 4.78 is 29.5. The fourth-order valence-electron chi connectivity index (χ4n) is 3.96. The summed E-state index contributed by atoms with van der Waals surface area (Å²) in [6, 6.07) is 17.5. The van der Waals surface area contributed by atoms with Gasteiger partial charge in [0.15, 0.2) is 15.6 Å². The minimum atomic E-state index is -3.31. The quantitative estimate of drug-likeness (QED) is 0.607. The molecule has 0 atom stereocenters. The molecular formula is C23H27N3O4S. The molecular weight excluding hydrogens is 414 g/mol. The molecule has 164 valence electrons. The highest BCUT2D eigenvalue weighted by atomic mass is 32.2. The van der Waals surface area contributed by atoms with Gasteiger partial charge in [-0.3, -0.25) is 9.69 Å². The topological polar surface area (TPSA) is 82.9 Å². The molecule has 8 heteroatoms. The lowest BCUT2D eigenvalue weighted by Gasteiger charge is -2.36. The van der Waals surface area contributed by atoms with Crippen LogP contribution in [0.3, 0.4) is 0 Å². The monoisotopic (exact) mass is 441 g/mol. The van der Waals surface area contributed by atoms with Gasteiger partial charge in [0.05, 0.1) is 5.75 Å². The molecule has 2 aromatic carbocycles. The van der Waals surface area contributed by atoms with Gasteiger partial charge in [-0.15, -0.1) is 0 Å². The maximum Gasteiger partial charge on any atom is 0.287 e. The number of piperazine rings is 1. The summed E-state index contributed by atoms with van der Waals surface area (Å²) >= 11 is 0. The Morgan fingerprint density at radius 2 is 1.68 bits per heavy atom. The number of amides is 1. The van der Waals surface area contributed by atoms with Gasteiger partial charge in [-0.25, -0.2) is 8.42 Å². The minimum Gasteiger partial charge on any atom is -0.451 e. The van der Waals surface area contributed by atoms with Crippen molar-refractivity contribution in [2.45, 2.75) is 5.75 Å². The summed E-state index contributed by atoms with van der Waals surface area (Å²) in [5.74, 6) is -0.521. The SMILES string of the molecule is CS(=O)(=O)Cc1c(C(=O)NCCN2CCN(c3ccccc3)CC2)oc2ccccc12. The first kappa shape index (κ1) is 21.4. The van der Waals surface area contributed by atoms with Crippen molar-refractivity contribution in [1.29, 1.82) is 0 Å². The van der Waals surface area contributed by atoms with Crippen LogP contribution < -0.4 is 10.2 Å². The van der Waals surface area contributed by atoms with Gasteiger partial charge in [-0.05, 0) is 18.2 Å². The number of carbonyl (C=O) groups is 1. The predicted octanol–water partition coefficient (Wildman–Crippen LogP) is 2.53. The first-order valence-electron chi connectivity index (χ1n) is 10.4. The van der Waals surface area contributed by atoms with Crippen LogP contribution in [0, 0.1) is 0 Å². The number of sulfone groups is 1. The minimum absolute atomic E-state index is 0.0838. The third kappa shape index (κ3) is 5.26. The number of rotatable bonds is 7. The Kier molecular flexibility index (Phi) is 6.29. The molecule has 1 aliphatic heterocycles. The molecule has 7 nitrogen and oxygen atoms in total. The van der Waals surface area contributed by atoms with Crippen molar-refractivity contribution >= 4 is 32.4 Å². The summed E-state index contributed by atoms with van der Waals surface area (Å²) in [6.07, 6.45) is 1.16. The molecule has 3 aromatic rings. The van der Waals surface area contributed by atoms with E-state index in [1.807, 2.05) is 18.2 Å². The van der Waals surface area contributed by atoms with E-state index in [2.05, 4.69) is 27.2 Å². The second kappa shape index (κ2) is 9.11. The van der Waals surface area contributed by atoms with Crippen molar-refractivity contribution in [1.82, 2.24) is 10.2 Å². The lowest BCUT2D eigenvalue weighted by molar-refractivity contribution is 0.0921. The molecule has 1 saturated heterocycles. The fourth-order valence-corrected chi connectivity index (χ4v) is 4.77. The fraction of sp³-hybridized carbons (Fsp3) is 0.348. The number of fused-ring (bicyclic) bond motifs is 1. The van der Waals surface area contributed by atoms with E-state index in [-0.39, 0.29) is 17.4 Å². The molecule has 2 heterocycles. The zero-order valence-corrected chi connectivity index (χ0v) is 18.4. The van der Waals surface area contributed by atoms with Crippen LogP contribution in [0.15, 0.2) is 59.0 Å². The van der Waals surface area contributed by atoms with Gasteiger partial charge in [0.25, 0.3) is 5.91 Å². The molecule has 0 unspecified atom stereocenters. The molecule has 1 aliphatic rings. The third-order valence-corrected chi connectivity index (χ3v) is 6.33. The standard InChI is InChI=1S/C23H27N3O4S/c1-31(28,29)17-20-19-9-5-6-10-21(19)30-22(20)23(27)24-11-12-25-13-15-26(16-14-25)18-7-3-2-4-8-18/h2-10H,11-17H2,1H3,(H,24,27). The van der Waals surface area contributed by atoms with Gasteiger partial charge in [-0.2, -0.15) is 0 Å². The largest absolute Gasteiger partial charge is 0.451 e.